The molecule has 1 amide bonds. The SMILES string of the molecule is COc1cccc(N(CCCC(=O)N[C@@H](C)COc2ccccc2C)S(C)(=O)=O)c1. The standard InChI is InChI=1S/C22H30N2O5S/c1-17-9-5-6-12-21(17)29-16-18(2)23-22(25)13-8-14-24(30(4,26)27)19-10-7-11-20(15-19)28-3/h5-7,9-12,15,18H,8,13-14,16H2,1-4H3,(H,23,25)/t18-/m0/s1. The van der Waals surface area contributed by atoms with E-state index in [1.165, 1.54) is 11.4 Å². The lowest BCUT2D eigenvalue weighted by Gasteiger charge is -2.23. The number of methoxy groups -OCH3 is 1. The Balaban J connectivity index is 1.84. The highest BCUT2D eigenvalue weighted by molar-refractivity contribution is 7.92. The van der Waals surface area contributed by atoms with Crippen LogP contribution in [0.4, 0.5) is 5.69 Å². The lowest BCUT2D eigenvalue weighted by molar-refractivity contribution is -0.121. The van der Waals surface area contributed by atoms with E-state index in [9.17, 15) is 13.2 Å². The van der Waals surface area contributed by atoms with Gasteiger partial charge in [0, 0.05) is 19.0 Å². The molecule has 0 aliphatic heterocycles. The van der Waals surface area contributed by atoms with Crippen molar-refractivity contribution in [3.05, 3.63) is 54.1 Å². The maximum Gasteiger partial charge on any atom is 0.232 e. The van der Waals surface area contributed by atoms with Crippen molar-refractivity contribution >= 4 is 21.6 Å². The largest absolute Gasteiger partial charge is 0.497 e. The summed E-state index contributed by atoms with van der Waals surface area (Å²) in [7, 11) is -1.96. The summed E-state index contributed by atoms with van der Waals surface area (Å²) in [5.41, 5.74) is 1.55. The Hall–Kier alpha value is -2.74. The van der Waals surface area contributed by atoms with E-state index in [1.54, 1.807) is 24.3 Å². The van der Waals surface area contributed by atoms with Crippen molar-refractivity contribution in [2.45, 2.75) is 32.7 Å². The molecule has 8 heteroatoms. The van der Waals surface area contributed by atoms with Crippen LogP contribution in [0.5, 0.6) is 11.5 Å². The van der Waals surface area contributed by atoms with Gasteiger partial charge in [0.2, 0.25) is 15.9 Å². The predicted octanol–water partition coefficient (Wildman–Crippen LogP) is 3.13. The van der Waals surface area contributed by atoms with Crippen LogP contribution in [0, 0.1) is 6.92 Å². The average molecular weight is 435 g/mol. The molecule has 0 heterocycles. The molecule has 0 spiro atoms. The maximum atomic E-state index is 12.2. The van der Waals surface area contributed by atoms with E-state index in [0.29, 0.717) is 24.5 Å². The van der Waals surface area contributed by atoms with Gasteiger partial charge < -0.3 is 14.8 Å². The molecule has 0 fully saturated rings. The third-order valence-corrected chi connectivity index (χ3v) is 5.69. The summed E-state index contributed by atoms with van der Waals surface area (Å²) in [6.07, 6.45) is 1.75. The Bertz CT molecular complexity index is 946. The van der Waals surface area contributed by atoms with E-state index in [2.05, 4.69) is 5.32 Å². The number of ether oxygens (including phenoxy) is 2. The van der Waals surface area contributed by atoms with Crippen molar-refractivity contribution in [3.8, 4) is 11.5 Å². The van der Waals surface area contributed by atoms with Gasteiger partial charge in [0.05, 0.1) is 25.1 Å². The Kier molecular flexibility index (Phi) is 8.53. The lowest BCUT2D eigenvalue weighted by Crippen LogP contribution is -2.37. The number of benzene rings is 2. The van der Waals surface area contributed by atoms with Gasteiger partial charge in [-0.05, 0) is 44.0 Å². The molecular formula is C22H30N2O5S. The van der Waals surface area contributed by atoms with Crippen LogP contribution in [0.25, 0.3) is 0 Å². The third kappa shape index (κ3) is 7.26. The summed E-state index contributed by atoms with van der Waals surface area (Å²) in [4.78, 5) is 12.2. The van der Waals surface area contributed by atoms with Crippen molar-refractivity contribution in [2.24, 2.45) is 0 Å². The molecule has 0 radical (unpaired) electrons. The fourth-order valence-corrected chi connectivity index (χ4v) is 3.91. The smallest absolute Gasteiger partial charge is 0.232 e. The molecular weight excluding hydrogens is 404 g/mol. The first kappa shape index (κ1) is 23.5. The van der Waals surface area contributed by atoms with Gasteiger partial charge in [-0.3, -0.25) is 9.10 Å². The minimum absolute atomic E-state index is 0.144. The molecule has 0 aromatic heterocycles. The van der Waals surface area contributed by atoms with Crippen LogP contribution in [0.3, 0.4) is 0 Å². The zero-order valence-electron chi connectivity index (χ0n) is 17.9. The first-order valence-corrected chi connectivity index (χ1v) is 11.6. The molecule has 0 aliphatic carbocycles. The molecule has 7 nitrogen and oxygen atoms in total. The van der Waals surface area contributed by atoms with E-state index in [-0.39, 0.29) is 24.9 Å². The predicted molar refractivity (Wildman–Crippen MR) is 119 cm³/mol. The summed E-state index contributed by atoms with van der Waals surface area (Å²) in [5.74, 6) is 1.22. The number of para-hydroxylation sites is 1. The number of hydrogen-bond donors (Lipinski definition) is 1. The van der Waals surface area contributed by atoms with E-state index in [1.807, 2.05) is 38.1 Å². The number of sulfonamides is 1. The van der Waals surface area contributed by atoms with Gasteiger partial charge in [-0.15, -0.1) is 0 Å². The molecule has 2 aromatic rings. The monoisotopic (exact) mass is 434 g/mol. The van der Waals surface area contributed by atoms with E-state index in [0.717, 1.165) is 17.6 Å². The highest BCUT2D eigenvalue weighted by Crippen LogP contribution is 2.23. The van der Waals surface area contributed by atoms with Crippen molar-refractivity contribution in [3.63, 3.8) is 0 Å². The molecule has 0 bridgehead atoms. The zero-order valence-corrected chi connectivity index (χ0v) is 18.7. The molecule has 0 saturated heterocycles. The van der Waals surface area contributed by atoms with E-state index >= 15 is 0 Å². The summed E-state index contributed by atoms with van der Waals surface area (Å²) in [6, 6.07) is 14.4. The van der Waals surface area contributed by atoms with Crippen LogP contribution in [0.1, 0.15) is 25.3 Å². The van der Waals surface area contributed by atoms with Gasteiger partial charge in [-0.1, -0.05) is 24.3 Å². The second-order valence-electron chi connectivity index (χ2n) is 7.19. The quantitative estimate of drug-likeness (QED) is 0.587. The van der Waals surface area contributed by atoms with Crippen LogP contribution >= 0.6 is 0 Å². The van der Waals surface area contributed by atoms with Crippen molar-refractivity contribution in [2.75, 3.05) is 30.8 Å². The highest BCUT2D eigenvalue weighted by atomic mass is 32.2. The molecule has 1 N–H and O–H groups in total. The summed E-state index contributed by atoms with van der Waals surface area (Å²) < 4.78 is 36.6. The van der Waals surface area contributed by atoms with Gasteiger partial charge in [0.15, 0.2) is 0 Å². The number of rotatable bonds is 11. The molecule has 164 valence electrons. The van der Waals surface area contributed by atoms with Gasteiger partial charge in [-0.2, -0.15) is 0 Å². The minimum Gasteiger partial charge on any atom is -0.497 e. The second-order valence-corrected chi connectivity index (χ2v) is 9.09. The Labute approximate surface area is 179 Å². The molecule has 0 aliphatic rings. The number of aryl methyl sites for hydroxylation is 1. The number of anilines is 1. The maximum absolute atomic E-state index is 12.2. The molecule has 2 rings (SSSR count). The number of nitrogens with zero attached hydrogens (tertiary/aromatic N) is 1. The average Bonchev–Trinajstić information content (AvgIpc) is 2.69. The number of nitrogens with one attached hydrogen (secondary N) is 1. The van der Waals surface area contributed by atoms with Gasteiger partial charge in [-0.25, -0.2) is 8.42 Å². The normalized spacial score (nSPS) is 12.1. The highest BCUT2D eigenvalue weighted by Gasteiger charge is 2.18. The molecule has 1 atom stereocenters. The minimum atomic E-state index is -3.48. The summed E-state index contributed by atoms with van der Waals surface area (Å²) in [5, 5.41) is 2.89. The number of hydrogen-bond acceptors (Lipinski definition) is 5. The fraction of sp³-hybridized carbons (Fsp3) is 0.409. The number of carbonyl (C=O) groups is 1. The molecule has 0 saturated carbocycles. The Morgan fingerprint density at radius 1 is 1.17 bits per heavy atom. The van der Waals surface area contributed by atoms with Crippen molar-refractivity contribution in [1.82, 2.24) is 5.32 Å². The fourth-order valence-electron chi connectivity index (χ4n) is 2.96. The zero-order chi connectivity index (χ0) is 22.1. The van der Waals surface area contributed by atoms with Gasteiger partial charge in [0.25, 0.3) is 0 Å². The van der Waals surface area contributed by atoms with Crippen LogP contribution in [-0.2, 0) is 14.8 Å². The first-order chi connectivity index (χ1) is 14.2. The van der Waals surface area contributed by atoms with E-state index < -0.39 is 10.0 Å². The number of amides is 1. The topological polar surface area (TPSA) is 84.9 Å². The molecule has 0 unspecified atom stereocenters. The van der Waals surface area contributed by atoms with Crippen molar-refractivity contribution in [1.29, 1.82) is 0 Å². The molecule has 2 aromatic carbocycles. The Morgan fingerprint density at radius 2 is 1.90 bits per heavy atom. The van der Waals surface area contributed by atoms with Crippen LogP contribution in [0.2, 0.25) is 0 Å². The van der Waals surface area contributed by atoms with Crippen molar-refractivity contribution < 1.29 is 22.7 Å². The summed E-state index contributed by atoms with van der Waals surface area (Å²) >= 11 is 0. The van der Waals surface area contributed by atoms with Crippen LogP contribution in [-0.4, -0.2) is 46.9 Å². The first-order valence-electron chi connectivity index (χ1n) is 9.80. The van der Waals surface area contributed by atoms with E-state index in [4.69, 9.17) is 9.47 Å². The molecule has 30 heavy (non-hydrogen) atoms. The van der Waals surface area contributed by atoms with Gasteiger partial charge in [0.1, 0.15) is 18.1 Å². The Morgan fingerprint density at radius 3 is 2.57 bits per heavy atom. The van der Waals surface area contributed by atoms with Crippen LogP contribution < -0.4 is 19.1 Å². The third-order valence-electron chi connectivity index (χ3n) is 4.50. The summed E-state index contributed by atoms with van der Waals surface area (Å²) in [6.45, 7) is 4.40. The lowest BCUT2D eigenvalue weighted by atomic mass is 10.2. The van der Waals surface area contributed by atoms with Gasteiger partial charge >= 0.3 is 0 Å². The second kappa shape index (κ2) is 10.9. The van der Waals surface area contributed by atoms with Crippen LogP contribution in [0.15, 0.2) is 48.5 Å². The number of carbonyl (C=O) groups excluding carboxylic acids is 1.